The molecule has 2 heterocycles. The molecule has 0 unspecified atom stereocenters. The maximum Gasteiger partial charge on any atom is 0.124 e. The first kappa shape index (κ1) is 18.6. The lowest BCUT2D eigenvalue weighted by molar-refractivity contribution is 0.340. The number of rotatable bonds is 6. The molecule has 3 nitrogen and oxygen atoms in total. The fraction of sp³-hybridized carbons (Fsp3) is 0.263. The van der Waals surface area contributed by atoms with Gasteiger partial charge in [0, 0.05) is 28.4 Å². The Morgan fingerprint density at radius 1 is 1.04 bits per heavy atom. The van der Waals surface area contributed by atoms with Gasteiger partial charge in [0.25, 0.3) is 0 Å². The number of nitrogens with zero attached hydrogens (tertiary/aromatic N) is 2. The van der Waals surface area contributed by atoms with Gasteiger partial charge in [-0.15, -0.1) is 28.3 Å². The molecule has 3 rings (SSSR count). The van der Waals surface area contributed by atoms with Crippen LogP contribution < -0.4 is 4.74 Å². The number of hydrogen-bond acceptors (Lipinski definition) is 4. The highest BCUT2D eigenvalue weighted by atomic mass is 79.9. The second-order valence-electron chi connectivity index (χ2n) is 5.28. The molecule has 0 fully saturated rings. The number of ether oxygens (including phenoxy) is 1. The Morgan fingerprint density at radius 2 is 1.83 bits per heavy atom. The Labute approximate surface area is 157 Å². The SMILES string of the molecule is Br.CCCc1cc(-c2nc(-c3ccc(OCC)cc3)cs2)ccn1. The molecule has 0 spiro atoms. The molecule has 5 heteroatoms. The fourth-order valence-corrected chi connectivity index (χ4v) is 3.26. The van der Waals surface area contributed by atoms with Crippen molar-refractivity contribution in [3.63, 3.8) is 0 Å². The first-order valence-electron chi connectivity index (χ1n) is 7.94. The maximum absolute atomic E-state index is 5.48. The van der Waals surface area contributed by atoms with Crippen molar-refractivity contribution >= 4 is 28.3 Å². The van der Waals surface area contributed by atoms with E-state index in [0.717, 1.165) is 46.1 Å². The monoisotopic (exact) mass is 404 g/mol. The smallest absolute Gasteiger partial charge is 0.124 e. The highest BCUT2D eigenvalue weighted by Crippen LogP contribution is 2.30. The van der Waals surface area contributed by atoms with E-state index < -0.39 is 0 Å². The Bertz CT molecular complexity index is 771. The maximum atomic E-state index is 5.48. The van der Waals surface area contributed by atoms with E-state index in [9.17, 15) is 0 Å². The van der Waals surface area contributed by atoms with Gasteiger partial charge >= 0.3 is 0 Å². The molecular formula is C19H21BrN2OS. The van der Waals surface area contributed by atoms with Crippen LogP contribution in [-0.2, 0) is 6.42 Å². The van der Waals surface area contributed by atoms with Crippen LogP contribution in [0.5, 0.6) is 5.75 Å². The molecular weight excluding hydrogens is 384 g/mol. The Morgan fingerprint density at radius 3 is 2.54 bits per heavy atom. The normalized spacial score (nSPS) is 10.2. The van der Waals surface area contributed by atoms with Crippen molar-refractivity contribution in [3.05, 3.63) is 53.7 Å². The topological polar surface area (TPSA) is 35.0 Å². The molecule has 0 saturated carbocycles. The highest BCUT2D eigenvalue weighted by Gasteiger charge is 2.08. The molecule has 0 atom stereocenters. The summed E-state index contributed by atoms with van der Waals surface area (Å²) >= 11 is 1.67. The Kier molecular flexibility index (Phi) is 6.94. The average Bonchev–Trinajstić information content (AvgIpc) is 3.07. The van der Waals surface area contributed by atoms with Gasteiger partial charge in [-0.25, -0.2) is 4.98 Å². The largest absolute Gasteiger partial charge is 0.494 e. The van der Waals surface area contributed by atoms with E-state index in [0.29, 0.717) is 6.61 Å². The van der Waals surface area contributed by atoms with Gasteiger partial charge in [0.1, 0.15) is 10.8 Å². The molecule has 0 N–H and O–H groups in total. The molecule has 0 radical (unpaired) electrons. The number of aryl methyl sites for hydroxylation is 1. The van der Waals surface area contributed by atoms with Crippen molar-refractivity contribution in [3.8, 4) is 27.6 Å². The third-order valence-corrected chi connectivity index (χ3v) is 4.43. The first-order chi connectivity index (χ1) is 11.3. The lowest BCUT2D eigenvalue weighted by atomic mass is 10.1. The van der Waals surface area contributed by atoms with Crippen LogP contribution in [0.4, 0.5) is 0 Å². The van der Waals surface area contributed by atoms with Gasteiger partial charge in [-0.05, 0) is 49.7 Å². The standard InChI is InChI=1S/C19H20N2OS.BrH/c1-3-5-16-12-15(10-11-20-16)19-21-18(13-23-19)14-6-8-17(9-7-14)22-4-2;/h6-13H,3-5H2,1-2H3;1H. The molecule has 126 valence electrons. The molecule has 0 aliphatic heterocycles. The molecule has 0 bridgehead atoms. The van der Waals surface area contributed by atoms with E-state index in [2.05, 4.69) is 35.5 Å². The number of halogens is 1. The number of hydrogen-bond donors (Lipinski definition) is 0. The molecule has 0 saturated heterocycles. The third-order valence-electron chi connectivity index (χ3n) is 3.53. The van der Waals surface area contributed by atoms with Crippen molar-refractivity contribution in [2.75, 3.05) is 6.61 Å². The number of thiazole rings is 1. The summed E-state index contributed by atoms with van der Waals surface area (Å²) in [4.78, 5) is 9.19. The van der Waals surface area contributed by atoms with Crippen molar-refractivity contribution in [1.82, 2.24) is 9.97 Å². The van der Waals surface area contributed by atoms with Crippen molar-refractivity contribution in [1.29, 1.82) is 0 Å². The minimum atomic E-state index is 0. The summed E-state index contributed by atoms with van der Waals surface area (Å²) in [5.74, 6) is 0.894. The van der Waals surface area contributed by atoms with E-state index >= 15 is 0 Å². The molecule has 2 aromatic heterocycles. The Hall–Kier alpha value is -1.72. The zero-order valence-corrected chi connectivity index (χ0v) is 16.4. The summed E-state index contributed by atoms with van der Waals surface area (Å²) in [6.07, 6.45) is 3.98. The predicted octanol–water partition coefficient (Wildman–Crippen LogP) is 5.80. The second kappa shape index (κ2) is 8.94. The van der Waals surface area contributed by atoms with Crippen LogP contribution in [0.1, 0.15) is 26.0 Å². The van der Waals surface area contributed by atoms with Crippen LogP contribution in [-0.4, -0.2) is 16.6 Å². The van der Waals surface area contributed by atoms with Gasteiger partial charge in [-0.1, -0.05) is 13.3 Å². The molecule has 0 amide bonds. The first-order valence-corrected chi connectivity index (χ1v) is 8.82. The minimum absolute atomic E-state index is 0. The molecule has 0 aliphatic rings. The summed E-state index contributed by atoms with van der Waals surface area (Å²) in [5, 5.41) is 3.14. The number of benzene rings is 1. The van der Waals surface area contributed by atoms with Crippen LogP contribution >= 0.6 is 28.3 Å². The van der Waals surface area contributed by atoms with Gasteiger partial charge in [-0.2, -0.15) is 0 Å². The predicted molar refractivity (Wildman–Crippen MR) is 106 cm³/mol. The van der Waals surface area contributed by atoms with Crippen LogP contribution in [0.2, 0.25) is 0 Å². The van der Waals surface area contributed by atoms with Crippen LogP contribution in [0.25, 0.3) is 21.8 Å². The summed E-state index contributed by atoms with van der Waals surface area (Å²) in [7, 11) is 0. The van der Waals surface area contributed by atoms with Gasteiger partial charge in [-0.3, -0.25) is 4.98 Å². The minimum Gasteiger partial charge on any atom is -0.494 e. The van der Waals surface area contributed by atoms with E-state index in [4.69, 9.17) is 9.72 Å². The lowest BCUT2D eigenvalue weighted by Gasteiger charge is -2.03. The second-order valence-corrected chi connectivity index (χ2v) is 6.14. The Balaban J connectivity index is 0.00000208. The van der Waals surface area contributed by atoms with Gasteiger partial charge in [0.2, 0.25) is 0 Å². The fourth-order valence-electron chi connectivity index (χ4n) is 2.43. The van der Waals surface area contributed by atoms with Crippen LogP contribution in [0, 0.1) is 0 Å². The molecule has 1 aromatic carbocycles. The summed E-state index contributed by atoms with van der Waals surface area (Å²) in [6, 6.07) is 12.3. The molecule has 24 heavy (non-hydrogen) atoms. The quantitative estimate of drug-likeness (QED) is 0.520. The van der Waals surface area contributed by atoms with Gasteiger partial charge < -0.3 is 4.74 Å². The number of aromatic nitrogens is 2. The number of pyridine rings is 1. The zero-order chi connectivity index (χ0) is 16.1. The van der Waals surface area contributed by atoms with E-state index in [1.54, 1.807) is 11.3 Å². The van der Waals surface area contributed by atoms with Crippen LogP contribution in [0.3, 0.4) is 0 Å². The zero-order valence-electron chi connectivity index (χ0n) is 13.9. The molecule has 0 aliphatic carbocycles. The highest BCUT2D eigenvalue weighted by molar-refractivity contribution is 8.93. The third kappa shape index (κ3) is 4.42. The average molecular weight is 405 g/mol. The van der Waals surface area contributed by atoms with Crippen molar-refractivity contribution in [2.24, 2.45) is 0 Å². The summed E-state index contributed by atoms with van der Waals surface area (Å²) in [6.45, 7) is 4.84. The van der Waals surface area contributed by atoms with E-state index in [-0.39, 0.29) is 17.0 Å². The van der Waals surface area contributed by atoms with Gasteiger partial charge in [0.15, 0.2) is 0 Å². The summed E-state index contributed by atoms with van der Waals surface area (Å²) < 4.78 is 5.48. The van der Waals surface area contributed by atoms with Crippen molar-refractivity contribution in [2.45, 2.75) is 26.7 Å². The van der Waals surface area contributed by atoms with E-state index in [1.165, 1.54) is 0 Å². The van der Waals surface area contributed by atoms with Gasteiger partial charge in [0.05, 0.1) is 12.3 Å². The lowest BCUT2D eigenvalue weighted by Crippen LogP contribution is -1.90. The van der Waals surface area contributed by atoms with Crippen molar-refractivity contribution < 1.29 is 4.74 Å². The molecule has 3 aromatic rings. The van der Waals surface area contributed by atoms with E-state index in [1.807, 2.05) is 31.3 Å². The van der Waals surface area contributed by atoms with Crippen LogP contribution in [0.15, 0.2) is 48.0 Å². The summed E-state index contributed by atoms with van der Waals surface area (Å²) in [5.41, 5.74) is 4.38.